The van der Waals surface area contributed by atoms with Crippen LogP contribution >= 0.6 is 0 Å². The van der Waals surface area contributed by atoms with Crippen molar-refractivity contribution in [1.82, 2.24) is 15.3 Å². The van der Waals surface area contributed by atoms with Crippen LogP contribution < -0.4 is 35.5 Å². The van der Waals surface area contributed by atoms with Crippen LogP contribution in [0.15, 0.2) is 18.5 Å². The fraction of sp³-hybridized carbons (Fsp3) is 0.429. The van der Waals surface area contributed by atoms with E-state index >= 15 is 0 Å². The second-order valence-electron chi connectivity index (χ2n) is 7.57. The number of methoxy groups -OCH3 is 3. The number of nitrogens with zero attached hydrogens (tertiary/aromatic N) is 4. The van der Waals surface area contributed by atoms with Gasteiger partial charge in [-0.1, -0.05) is 0 Å². The highest BCUT2D eigenvalue weighted by atomic mass is 16.6. The Morgan fingerprint density at radius 3 is 2.46 bits per heavy atom. The Hall–Kier alpha value is -4.36. The topological polar surface area (TPSA) is 184 Å². The number of benzene rings is 1. The number of rotatable bonds is 11. The van der Waals surface area contributed by atoms with Crippen molar-refractivity contribution in [2.24, 2.45) is 5.73 Å². The number of nitrogens with one attached hydrogen (secondary N) is 2. The number of hydrogen-bond acceptors (Lipinski definition) is 11. The number of primary amides is 1. The van der Waals surface area contributed by atoms with Crippen LogP contribution in [-0.4, -0.2) is 67.2 Å². The molecule has 14 heteroatoms. The van der Waals surface area contributed by atoms with E-state index < -0.39 is 22.8 Å². The fourth-order valence-corrected chi connectivity index (χ4v) is 3.89. The van der Waals surface area contributed by atoms with Crippen LogP contribution in [-0.2, 0) is 16.1 Å². The van der Waals surface area contributed by atoms with Gasteiger partial charge in [0.05, 0.1) is 32.8 Å². The maximum atomic E-state index is 12.6. The second-order valence-corrected chi connectivity index (χ2v) is 7.57. The zero-order chi connectivity index (χ0) is 25.5. The molecule has 1 aromatic carbocycles. The summed E-state index contributed by atoms with van der Waals surface area (Å²) in [4.78, 5) is 44.7. The molecule has 2 amide bonds. The van der Waals surface area contributed by atoms with Gasteiger partial charge in [-0.05, 0) is 30.5 Å². The molecular weight excluding hydrogens is 462 g/mol. The standard InChI is InChI=1S/C21H27N7O7/c1-33-14-7-12(8-15(34-2)18(14)35-3)9-23-19-17(28(31)32)20(26-11-25-19)27-6-4-5-13(27)21(30)24-10-16(22)29/h7-8,11,13H,4-6,9-10H2,1-3H3,(H2,22,29)(H,24,30)(H,23,25,26). The number of amides is 2. The summed E-state index contributed by atoms with van der Waals surface area (Å²) in [6.07, 6.45) is 2.25. The highest BCUT2D eigenvalue weighted by molar-refractivity contribution is 5.90. The molecule has 1 aliphatic rings. The Morgan fingerprint density at radius 2 is 1.89 bits per heavy atom. The molecule has 188 valence electrons. The number of anilines is 2. The molecule has 2 heterocycles. The Kier molecular flexibility index (Phi) is 8.07. The van der Waals surface area contributed by atoms with Gasteiger partial charge in [-0.2, -0.15) is 0 Å². The van der Waals surface area contributed by atoms with Gasteiger partial charge in [0.1, 0.15) is 12.4 Å². The molecule has 35 heavy (non-hydrogen) atoms. The lowest BCUT2D eigenvalue weighted by molar-refractivity contribution is -0.383. The monoisotopic (exact) mass is 489 g/mol. The first kappa shape index (κ1) is 25.3. The quantitative estimate of drug-likeness (QED) is 0.296. The molecule has 1 unspecified atom stereocenters. The Morgan fingerprint density at radius 1 is 1.20 bits per heavy atom. The predicted molar refractivity (Wildman–Crippen MR) is 125 cm³/mol. The summed E-state index contributed by atoms with van der Waals surface area (Å²) < 4.78 is 16.0. The van der Waals surface area contributed by atoms with E-state index in [4.69, 9.17) is 19.9 Å². The fourth-order valence-electron chi connectivity index (χ4n) is 3.89. The van der Waals surface area contributed by atoms with Gasteiger partial charge in [0, 0.05) is 13.1 Å². The van der Waals surface area contributed by atoms with Gasteiger partial charge in [-0.3, -0.25) is 19.7 Å². The molecule has 1 atom stereocenters. The van der Waals surface area contributed by atoms with Crippen molar-refractivity contribution >= 4 is 29.1 Å². The molecule has 0 aliphatic carbocycles. The molecule has 1 saturated heterocycles. The molecule has 1 aromatic heterocycles. The molecule has 4 N–H and O–H groups in total. The lowest BCUT2D eigenvalue weighted by Crippen LogP contribution is -2.46. The summed E-state index contributed by atoms with van der Waals surface area (Å²) in [5.74, 6) is 0.136. The number of carbonyl (C=O) groups is 2. The first-order valence-corrected chi connectivity index (χ1v) is 10.7. The predicted octanol–water partition coefficient (Wildman–Crippen LogP) is 0.593. The molecule has 0 spiro atoms. The van der Waals surface area contributed by atoms with Gasteiger partial charge in [0.15, 0.2) is 11.5 Å². The zero-order valence-electron chi connectivity index (χ0n) is 19.6. The first-order chi connectivity index (χ1) is 16.8. The van der Waals surface area contributed by atoms with Gasteiger partial charge in [0.25, 0.3) is 0 Å². The highest BCUT2D eigenvalue weighted by Gasteiger charge is 2.37. The van der Waals surface area contributed by atoms with E-state index in [0.29, 0.717) is 42.2 Å². The van der Waals surface area contributed by atoms with Crippen molar-refractivity contribution < 1.29 is 28.7 Å². The van der Waals surface area contributed by atoms with E-state index in [1.165, 1.54) is 27.7 Å². The first-order valence-electron chi connectivity index (χ1n) is 10.7. The van der Waals surface area contributed by atoms with E-state index in [2.05, 4.69) is 20.6 Å². The third-order valence-corrected chi connectivity index (χ3v) is 5.43. The van der Waals surface area contributed by atoms with E-state index in [1.807, 2.05) is 0 Å². The van der Waals surface area contributed by atoms with E-state index in [0.717, 1.165) is 0 Å². The molecule has 0 radical (unpaired) electrons. The smallest absolute Gasteiger partial charge is 0.353 e. The van der Waals surface area contributed by atoms with Crippen molar-refractivity contribution in [2.75, 3.05) is 44.6 Å². The Bertz CT molecular complexity index is 1090. The normalized spacial score (nSPS) is 14.8. The van der Waals surface area contributed by atoms with Crippen LogP contribution in [0, 0.1) is 10.1 Å². The van der Waals surface area contributed by atoms with Crippen LogP contribution in [0.5, 0.6) is 17.2 Å². The molecular formula is C21H27N7O7. The average Bonchev–Trinajstić information content (AvgIpc) is 3.34. The maximum Gasteiger partial charge on any atom is 0.353 e. The van der Waals surface area contributed by atoms with Gasteiger partial charge in [-0.15, -0.1) is 0 Å². The lowest BCUT2D eigenvalue weighted by Gasteiger charge is -2.24. The van der Waals surface area contributed by atoms with Crippen LogP contribution in [0.4, 0.5) is 17.3 Å². The summed E-state index contributed by atoms with van der Waals surface area (Å²) in [6.45, 7) is 0.200. The van der Waals surface area contributed by atoms with Crippen LogP contribution in [0.3, 0.4) is 0 Å². The van der Waals surface area contributed by atoms with Crippen LogP contribution in [0.2, 0.25) is 0 Å². The minimum absolute atomic E-state index is 0.00844. The minimum atomic E-state index is -0.731. The van der Waals surface area contributed by atoms with Crippen molar-refractivity contribution in [3.63, 3.8) is 0 Å². The summed E-state index contributed by atoms with van der Waals surface area (Å²) in [6, 6.07) is 2.69. The van der Waals surface area contributed by atoms with Gasteiger partial charge >= 0.3 is 5.69 Å². The molecule has 0 saturated carbocycles. The lowest BCUT2D eigenvalue weighted by atomic mass is 10.1. The van der Waals surface area contributed by atoms with Crippen LogP contribution in [0.1, 0.15) is 18.4 Å². The zero-order valence-corrected chi connectivity index (χ0v) is 19.6. The van der Waals surface area contributed by atoms with Crippen molar-refractivity contribution in [3.8, 4) is 17.2 Å². The molecule has 1 aliphatic heterocycles. The SMILES string of the molecule is COc1cc(CNc2ncnc(N3CCCC3C(=O)NCC(N)=O)c2[N+](=O)[O-])cc(OC)c1OC. The average molecular weight is 489 g/mol. The van der Waals surface area contributed by atoms with E-state index in [-0.39, 0.29) is 30.4 Å². The molecule has 3 rings (SSSR count). The van der Waals surface area contributed by atoms with Gasteiger partial charge in [-0.25, -0.2) is 9.97 Å². The molecule has 14 nitrogen and oxygen atoms in total. The van der Waals surface area contributed by atoms with Crippen molar-refractivity contribution in [1.29, 1.82) is 0 Å². The second kappa shape index (κ2) is 11.2. The van der Waals surface area contributed by atoms with Gasteiger partial charge < -0.3 is 35.5 Å². The highest BCUT2D eigenvalue weighted by Crippen LogP contribution is 2.39. The Labute approximate surface area is 200 Å². The van der Waals surface area contributed by atoms with E-state index in [9.17, 15) is 19.7 Å². The van der Waals surface area contributed by atoms with Crippen molar-refractivity contribution in [3.05, 3.63) is 34.1 Å². The van der Waals surface area contributed by atoms with Crippen LogP contribution in [0.25, 0.3) is 0 Å². The maximum absolute atomic E-state index is 12.6. The number of nitro groups is 1. The third kappa shape index (κ3) is 5.59. The Balaban J connectivity index is 1.88. The van der Waals surface area contributed by atoms with Crippen molar-refractivity contribution in [2.45, 2.75) is 25.4 Å². The molecule has 1 fully saturated rings. The number of aromatic nitrogens is 2. The number of hydrogen-bond donors (Lipinski definition) is 3. The number of carbonyl (C=O) groups excluding carboxylic acids is 2. The summed E-state index contributed by atoms with van der Waals surface area (Å²) >= 11 is 0. The number of ether oxygens (including phenoxy) is 3. The summed E-state index contributed by atoms with van der Waals surface area (Å²) in [7, 11) is 4.47. The summed E-state index contributed by atoms with van der Waals surface area (Å²) in [5, 5.41) is 17.4. The van der Waals surface area contributed by atoms with E-state index in [1.54, 1.807) is 17.0 Å². The minimum Gasteiger partial charge on any atom is -0.493 e. The third-order valence-electron chi connectivity index (χ3n) is 5.43. The summed E-state index contributed by atoms with van der Waals surface area (Å²) in [5.41, 5.74) is 5.42. The largest absolute Gasteiger partial charge is 0.493 e. The number of nitrogens with two attached hydrogens (primary N) is 1. The molecule has 0 bridgehead atoms. The molecule has 2 aromatic rings. The van der Waals surface area contributed by atoms with Gasteiger partial charge in [0.2, 0.25) is 29.2 Å².